The van der Waals surface area contributed by atoms with Crippen molar-refractivity contribution >= 4 is 11.8 Å². The van der Waals surface area contributed by atoms with Crippen molar-refractivity contribution in [1.82, 2.24) is 10.2 Å². The van der Waals surface area contributed by atoms with Crippen LogP contribution in [-0.4, -0.2) is 61.8 Å². The third kappa shape index (κ3) is 3.91. The van der Waals surface area contributed by atoms with Crippen LogP contribution in [0.1, 0.15) is 19.3 Å². The van der Waals surface area contributed by atoms with Gasteiger partial charge in [-0.05, 0) is 32.4 Å². The van der Waals surface area contributed by atoms with E-state index in [1.807, 2.05) is 7.11 Å². The number of hydrogen-bond acceptors (Lipinski definition) is 4. The molecule has 2 saturated heterocycles. The predicted molar refractivity (Wildman–Crippen MR) is 70.2 cm³/mol. The smallest absolute Gasteiger partial charge is 0.0698 e. The predicted octanol–water partition coefficient (Wildman–Crippen LogP) is 1.19. The Bertz CT molecular complexity index is 197. The average Bonchev–Trinajstić information content (AvgIpc) is 2.38. The lowest BCUT2D eigenvalue weighted by Gasteiger charge is -2.33. The lowest BCUT2D eigenvalue weighted by Crippen LogP contribution is -2.43. The minimum Gasteiger partial charge on any atom is -0.380 e. The lowest BCUT2D eigenvalue weighted by atomic mass is 10.1. The van der Waals surface area contributed by atoms with Crippen molar-refractivity contribution in [1.29, 1.82) is 0 Å². The summed E-state index contributed by atoms with van der Waals surface area (Å²) in [5, 5.41) is 3.61. The zero-order chi connectivity index (χ0) is 11.2. The van der Waals surface area contributed by atoms with Gasteiger partial charge < -0.3 is 15.0 Å². The Morgan fingerprint density at radius 1 is 1.50 bits per heavy atom. The molecule has 2 aliphatic rings. The van der Waals surface area contributed by atoms with Crippen molar-refractivity contribution in [3.63, 3.8) is 0 Å². The SMILES string of the molecule is COC1CCCN(CCC2CSCCN2)C1. The van der Waals surface area contributed by atoms with Crippen LogP contribution in [0.15, 0.2) is 0 Å². The Morgan fingerprint density at radius 2 is 2.44 bits per heavy atom. The molecule has 1 N–H and O–H groups in total. The van der Waals surface area contributed by atoms with Gasteiger partial charge in [-0.25, -0.2) is 0 Å². The molecular formula is C12H24N2OS. The second-order valence-corrected chi connectivity index (χ2v) is 5.97. The van der Waals surface area contributed by atoms with Gasteiger partial charge in [-0.1, -0.05) is 0 Å². The highest BCUT2D eigenvalue weighted by atomic mass is 32.2. The molecule has 0 radical (unpaired) electrons. The fourth-order valence-corrected chi connectivity index (χ4v) is 3.55. The van der Waals surface area contributed by atoms with Crippen molar-refractivity contribution in [3.05, 3.63) is 0 Å². The van der Waals surface area contributed by atoms with Crippen LogP contribution in [0.4, 0.5) is 0 Å². The van der Waals surface area contributed by atoms with E-state index in [2.05, 4.69) is 22.0 Å². The van der Waals surface area contributed by atoms with E-state index in [0.717, 1.165) is 12.6 Å². The summed E-state index contributed by atoms with van der Waals surface area (Å²) >= 11 is 2.09. The molecule has 0 aliphatic carbocycles. The van der Waals surface area contributed by atoms with Gasteiger partial charge in [0.15, 0.2) is 0 Å². The van der Waals surface area contributed by atoms with Gasteiger partial charge in [0, 0.05) is 37.7 Å². The highest BCUT2D eigenvalue weighted by Crippen LogP contribution is 2.15. The number of methoxy groups -OCH3 is 1. The molecule has 0 spiro atoms. The first-order valence-corrected chi connectivity index (χ1v) is 7.60. The molecule has 0 amide bonds. The van der Waals surface area contributed by atoms with Crippen LogP contribution in [-0.2, 0) is 4.74 Å². The normalized spacial score (nSPS) is 32.8. The third-order valence-corrected chi connectivity index (χ3v) is 4.72. The molecule has 2 heterocycles. The van der Waals surface area contributed by atoms with Gasteiger partial charge >= 0.3 is 0 Å². The Morgan fingerprint density at radius 3 is 3.19 bits per heavy atom. The highest BCUT2D eigenvalue weighted by Gasteiger charge is 2.20. The second-order valence-electron chi connectivity index (χ2n) is 4.82. The van der Waals surface area contributed by atoms with E-state index in [-0.39, 0.29) is 0 Å². The molecule has 2 fully saturated rings. The summed E-state index contributed by atoms with van der Waals surface area (Å²) in [6.07, 6.45) is 4.31. The average molecular weight is 244 g/mol. The van der Waals surface area contributed by atoms with E-state index in [1.54, 1.807) is 0 Å². The third-order valence-electron chi connectivity index (χ3n) is 3.59. The molecule has 0 aromatic carbocycles. The maximum atomic E-state index is 5.45. The monoisotopic (exact) mass is 244 g/mol. The second kappa shape index (κ2) is 6.84. The lowest BCUT2D eigenvalue weighted by molar-refractivity contribution is 0.0303. The van der Waals surface area contributed by atoms with Gasteiger partial charge in [-0.15, -0.1) is 0 Å². The molecule has 3 nitrogen and oxygen atoms in total. The first-order valence-electron chi connectivity index (χ1n) is 6.45. The van der Waals surface area contributed by atoms with Gasteiger partial charge in [-0.3, -0.25) is 0 Å². The van der Waals surface area contributed by atoms with Gasteiger partial charge in [0.25, 0.3) is 0 Å². The standard InChI is InChI=1S/C12H24N2OS/c1-15-12-3-2-6-14(9-12)7-4-11-10-16-8-5-13-11/h11-13H,2-10H2,1H3. The number of piperidine rings is 1. The first kappa shape index (κ1) is 12.7. The number of nitrogens with one attached hydrogen (secondary N) is 1. The molecule has 0 saturated carbocycles. The summed E-state index contributed by atoms with van der Waals surface area (Å²) < 4.78 is 5.45. The largest absolute Gasteiger partial charge is 0.380 e. The number of likely N-dealkylation sites (tertiary alicyclic amines) is 1. The van der Waals surface area contributed by atoms with Crippen LogP contribution in [0.25, 0.3) is 0 Å². The molecule has 2 rings (SSSR count). The van der Waals surface area contributed by atoms with Crippen LogP contribution >= 0.6 is 11.8 Å². The van der Waals surface area contributed by atoms with Gasteiger partial charge in [-0.2, -0.15) is 11.8 Å². The Balaban J connectivity index is 1.64. The summed E-state index contributed by atoms with van der Waals surface area (Å²) in [6.45, 7) is 4.82. The van der Waals surface area contributed by atoms with Gasteiger partial charge in [0.2, 0.25) is 0 Å². The summed E-state index contributed by atoms with van der Waals surface area (Å²) in [4.78, 5) is 2.57. The van der Waals surface area contributed by atoms with E-state index in [9.17, 15) is 0 Å². The Kier molecular flexibility index (Phi) is 5.42. The van der Waals surface area contributed by atoms with Crippen LogP contribution < -0.4 is 5.32 Å². The summed E-state index contributed by atoms with van der Waals surface area (Å²) in [5.41, 5.74) is 0. The fraction of sp³-hybridized carbons (Fsp3) is 1.00. The maximum Gasteiger partial charge on any atom is 0.0698 e. The molecule has 2 atom stereocenters. The molecule has 2 aliphatic heterocycles. The van der Waals surface area contributed by atoms with Gasteiger partial charge in [0.1, 0.15) is 0 Å². The molecule has 94 valence electrons. The van der Waals surface area contributed by atoms with E-state index < -0.39 is 0 Å². The number of ether oxygens (including phenoxy) is 1. The van der Waals surface area contributed by atoms with Gasteiger partial charge in [0.05, 0.1) is 6.10 Å². The van der Waals surface area contributed by atoms with Crippen molar-refractivity contribution in [2.75, 3.05) is 44.8 Å². The van der Waals surface area contributed by atoms with E-state index in [4.69, 9.17) is 4.74 Å². The molecular weight excluding hydrogens is 220 g/mol. The van der Waals surface area contributed by atoms with Crippen LogP contribution in [0, 0.1) is 0 Å². The maximum absolute atomic E-state index is 5.45. The first-order chi connectivity index (χ1) is 7.88. The minimum atomic E-state index is 0.474. The number of hydrogen-bond donors (Lipinski definition) is 1. The quantitative estimate of drug-likeness (QED) is 0.803. The topological polar surface area (TPSA) is 24.5 Å². The van der Waals surface area contributed by atoms with E-state index >= 15 is 0 Å². The van der Waals surface area contributed by atoms with E-state index in [0.29, 0.717) is 6.10 Å². The molecule has 0 bridgehead atoms. The number of rotatable bonds is 4. The Hall–Kier alpha value is 0.230. The summed E-state index contributed by atoms with van der Waals surface area (Å²) in [6, 6.07) is 0.738. The molecule has 0 aromatic heterocycles. The summed E-state index contributed by atoms with van der Waals surface area (Å²) in [5.74, 6) is 2.58. The summed E-state index contributed by atoms with van der Waals surface area (Å²) in [7, 11) is 1.84. The van der Waals surface area contributed by atoms with Crippen molar-refractivity contribution < 1.29 is 4.74 Å². The molecule has 2 unspecified atom stereocenters. The molecule has 4 heteroatoms. The molecule has 0 aromatic rings. The van der Waals surface area contributed by atoms with Crippen molar-refractivity contribution in [3.8, 4) is 0 Å². The molecule has 16 heavy (non-hydrogen) atoms. The van der Waals surface area contributed by atoms with Crippen LogP contribution in [0.5, 0.6) is 0 Å². The van der Waals surface area contributed by atoms with Crippen LogP contribution in [0.3, 0.4) is 0 Å². The highest BCUT2D eigenvalue weighted by molar-refractivity contribution is 7.99. The number of thioether (sulfide) groups is 1. The zero-order valence-electron chi connectivity index (χ0n) is 10.3. The zero-order valence-corrected chi connectivity index (χ0v) is 11.1. The van der Waals surface area contributed by atoms with Crippen molar-refractivity contribution in [2.45, 2.75) is 31.4 Å². The van der Waals surface area contributed by atoms with Crippen LogP contribution in [0.2, 0.25) is 0 Å². The van der Waals surface area contributed by atoms with E-state index in [1.165, 1.54) is 50.4 Å². The number of nitrogens with zero attached hydrogens (tertiary/aromatic N) is 1. The Labute approximate surface area is 103 Å². The fourth-order valence-electron chi connectivity index (χ4n) is 2.55. The van der Waals surface area contributed by atoms with Crippen molar-refractivity contribution in [2.24, 2.45) is 0 Å². The minimum absolute atomic E-state index is 0.474.